The van der Waals surface area contributed by atoms with Crippen molar-refractivity contribution < 1.29 is 5.11 Å². The summed E-state index contributed by atoms with van der Waals surface area (Å²) >= 11 is 0. The molecular weight excluding hydrogens is 254 g/mol. The maximum atomic E-state index is 11.7. The van der Waals surface area contributed by atoms with E-state index in [0.717, 1.165) is 17.2 Å². The Morgan fingerprint density at radius 3 is 2.20 bits per heavy atom. The number of nitrogens with one attached hydrogen (secondary N) is 1. The van der Waals surface area contributed by atoms with E-state index in [9.17, 15) is 14.7 Å². The summed E-state index contributed by atoms with van der Waals surface area (Å²) in [4.78, 5) is 25.8. The number of rotatable bonds is 2. The minimum absolute atomic E-state index is 0.151. The van der Waals surface area contributed by atoms with Crippen LogP contribution in [-0.4, -0.2) is 10.1 Å². The fourth-order valence-corrected chi connectivity index (χ4v) is 2.31. The Morgan fingerprint density at radius 1 is 1.00 bits per heavy atom. The third-order valence-corrected chi connectivity index (χ3v) is 3.48. The van der Waals surface area contributed by atoms with E-state index in [2.05, 4.69) is 18.8 Å². The topological polar surface area (TPSA) is 70.2 Å². The average Bonchev–Trinajstić information content (AvgIpc) is 2.46. The fourth-order valence-electron chi connectivity index (χ4n) is 2.31. The van der Waals surface area contributed by atoms with Gasteiger partial charge in [-0.05, 0) is 29.0 Å². The van der Waals surface area contributed by atoms with Gasteiger partial charge in [0.15, 0.2) is 0 Å². The van der Waals surface area contributed by atoms with E-state index in [1.807, 2.05) is 26.0 Å². The molecule has 0 aliphatic rings. The van der Waals surface area contributed by atoms with Gasteiger partial charge in [0.05, 0.1) is 5.52 Å². The highest BCUT2D eigenvalue weighted by Gasteiger charge is 2.13. The van der Waals surface area contributed by atoms with Gasteiger partial charge in [0.2, 0.25) is 5.43 Å². The van der Waals surface area contributed by atoms with Gasteiger partial charge in [-0.1, -0.05) is 33.8 Å². The van der Waals surface area contributed by atoms with Crippen LogP contribution < -0.4 is 11.0 Å². The van der Waals surface area contributed by atoms with E-state index in [-0.39, 0.29) is 11.7 Å². The van der Waals surface area contributed by atoms with Crippen LogP contribution in [-0.2, 0) is 0 Å². The quantitative estimate of drug-likeness (QED) is 0.827. The van der Waals surface area contributed by atoms with Gasteiger partial charge in [0.1, 0.15) is 5.75 Å². The molecule has 0 bridgehead atoms. The van der Waals surface area contributed by atoms with Crippen molar-refractivity contribution in [3.05, 3.63) is 49.9 Å². The summed E-state index contributed by atoms with van der Waals surface area (Å²) in [6, 6.07) is 4.84. The Bertz CT molecular complexity index is 773. The molecule has 2 N–H and O–H groups in total. The molecule has 0 radical (unpaired) electrons. The Balaban J connectivity index is 3.06. The number of benzene rings is 1. The standard InChI is InChI=1S/C16H19NO3/c1-8(2)10-5-11(9(3)4)15-12(6-10)17-16(20)14(19)7-13(15)18/h5-9,18H,1-4H3,(H,17,19,20). The Hall–Kier alpha value is -2.10. The molecule has 1 aromatic carbocycles. The summed E-state index contributed by atoms with van der Waals surface area (Å²) in [6.45, 7) is 8.15. The molecule has 0 aliphatic heterocycles. The van der Waals surface area contributed by atoms with E-state index >= 15 is 0 Å². The number of fused-ring (bicyclic) bond motifs is 1. The van der Waals surface area contributed by atoms with E-state index in [1.54, 1.807) is 0 Å². The van der Waals surface area contributed by atoms with E-state index in [4.69, 9.17) is 0 Å². The van der Waals surface area contributed by atoms with Crippen LogP contribution in [0.2, 0.25) is 0 Å². The van der Waals surface area contributed by atoms with Crippen LogP contribution in [0.25, 0.3) is 10.9 Å². The average molecular weight is 273 g/mol. The zero-order valence-electron chi connectivity index (χ0n) is 12.2. The lowest BCUT2D eigenvalue weighted by atomic mass is 9.92. The molecule has 0 aliphatic carbocycles. The second-order valence-electron chi connectivity index (χ2n) is 5.69. The first-order chi connectivity index (χ1) is 9.31. The fraction of sp³-hybridized carbons (Fsp3) is 0.375. The van der Waals surface area contributed by atoms with Crippen molar-refractivity contribution in [3.63, 3.8) is 0 Å². The van der Waals surface area contributed by atoms with Crippen LogP contribution in [0.4, 0.5) is 0 Å². The molecule has 0 saturated carbocycles. The van der Waals surface area contributed by atoms with Crippen LogP contribution in [0.1, 0.15) is 50.7 Å². The van der Waals surface area contributed by atoms with E-state index in [0.29, 0.717) is 16.8 Å². The summed E-state index contributed by atoms with van der Waals surface area (Å²) in [5.41, 5.74) is 1.04. The van der Waals surface area contributed by atoms with Gasteiger partial charge >= 0.3 is 0 Å². The van der Waals surface area contributed by atoms with Crippen molar-refractivity contribution in [1.29, 1.82) is 0 Å². The highest BCUT2D eigenvalue weighted by atomic mass is 16.3. The van der Waals surface area contributed by atoms with Crippen LogP contribution in [0, 0.1) is 0 Å². The predicted molar refractivity (Wildman–Crippen MR) is 80.7 cm³/mol. The monoisotopic (exact) mass is 273 g/mol. The van der Waals surface area contributed by atoms with Crippen molar-refractivity contribution in [2.45, 2.75) is 39.5 Å². The minimum atomic E-state index is -0.737. The van der Waals surface area contributed by atoms with Crippen LogP contribution in [0.15, 0.2) is 27.8 Å². The molecule has 4 nitrogen and oxygen atoms in total. The summed E-state index contributed by atoms with van der Waals surface area (Å²) < 4.78 is 0. The van der Waals surface area contributed by atoms with Crippen molar-refractivity contribution in [2.24, 2.45) is 0 Å². The third-order valence-electron chi connectivity index (χ3n) is 3.48. The molecule has 0 unspecified atom stereocenters. The van der Waals surface area contributed by atoms with Crippen molar-refractivity contribution in [1.82, 2.24) is 4.98 Å². The second kappa shape index (κ2) is 5.12. The number of hydrogen-bond acceptors (Lipinski definition) is 3. The first kappa shape index (κ1) is 14.3. The van der Waals surface area contributed by atoms with Gasteiger partial charge in [-0.25, -0.2) is 0 Å². The van der Waals surface area contributed by atoms with Crippen LogP contribution in [0.3, 0.4) is 0 Å². The molecule has 2 rings (SSSR count). The molecule has 1 heterocycles. The molecule has 0 amide bonds. The summed E-state index contributed by atoms with van der Waals surface area (Å²) in [7, 11) is 0. The summed E-state index contributed by atoms with van der Waals surface area (Å²) in [6.07, 6.45) is 0. The molecule has 1 aromatic heterocycles. The zero-order valence-corrected chi connectivity index (χ0v) is 12.2. The second-order valence-corrected chi connectivity index (χ2v) is 5.69. The Kier molecular flexibility index (Phi) is 3.66. The Labute approximate surface area is 117 Å². The van der Waals surface area contributed by atoms with E-state index in [1.165, 1.54) is 0 Å². The third kappa shape index (κ3) is 2.46. The first-order valence-corrected chi connectivity index (χ1v) is 6.75. The van der Waals surface area contributed by atoms with Crippen molar-refractivity contribution in [3.8, 4) is 5.75 Å². The highest BCUT2D eigenvalue weighted by Crippen LogP contribution is 2.32. The molecule has 0 atom stereocenters. The molecule has 0 spiro atoms. The van der Waals surface area contributed by atoms with Gasteiger partial charge in [-0.15, -0.1) is 0 Å². The number of H-pyrrole nitrogens is 1. The van der Waals surface area contributed by atoms with E-state index < -0.39 is 11.0 Å². The SMILES string of the molecule is CC(C)c1cc(C(C)C)c2c(O)cc(=O)c(=O)[nH]c2c1. The zero-order chi connectivity index (χ0) is 15.0. The molecule has 0 saturated heterocycles. The molecular formula is C16H19NO3. The van der Waals surface area contributed by atoms with Gasteiger partial charge < -0.3 is 10.1 Å². The predicted octanol–water partition coefficient (Wildman–Crippen LogP) is 2.84. The lowest BCUT2D eigenvalue weighted by Crippen LogP contribution is -2.22. The van der Waals surface area contributed by atoms with Crippen LogP contribution >= 0.6 is 0 Å². The number of hydrogen-bond donors (Lipinski definition) is 2. The van der Waals surface area contributed by atoms with Gasteiger partial charge in [0.25, 0.3) is 5.56 Å². The Morgan fingerprint density at radius 2 is 1.65 bits per heavy atom. The lowest BCUT2D eigenvalue weighted by molar-refractivity contribution is 0.481. The summed E-state index contributed by atoms with van der Waals surface area (Å²) in [5.74, 6) is 0.310. The van der Waals surface area contributed by atoms with Crippen molar-refractivity contribution >= 4 is 10.9 Å². The van der Waals surface area contributed by atoms with Crippen LogP contribution in [0.5, 0.6) is 5.75 Å². The number of aromatic hydroxyl groups is 1. The smallest absolute Gasteiger partial charge is 0.296 e. The number of aromatic amines is 1. The first-order valence-electron chi connectivity index (χ1n) is 6.75. The minimum Gasteiger partial charge on any atom is -0.507 e. The molecule has 4 heteroatoms. The van der Waals surface area contributed by atoms with Crippen molar-refractivity contribution in [2.75, 3.05) is 0 Å². The maximum Gasteiger partial charge on any atom is 0.296 e. The molecule has 0 fully saturated rings. The number of aromatic nitrogens is 1. The molecule has 20 heavy (non-hydrogen) atoms. The normalized spacial score (nSPS) is 11.5. The molecule has 106 valence electrons. The maximum absolute atomic E-state index is 11.7. The van der Waals surface area contributed by atoms with Gasteiger partial charge in [-0.2, -0.15) is 0 Å². The highest BCUT2D eigenvalue weighted by molar-refractivity contribution is 5.88. The lowest BCUT2D eigenvalue weighted by Gasteiger charge is -2.14. The summed E-state index contributed by atoms with van der Waals surface area (Å²) in [5, 5.41) is 10.7. The van der Waals surface area contributed by atoms with Gasteiger partial charge in [-0.3, -0.25) is 9.59 Å². The largest absolute Gasteiger partial charge is 0.507 e. The van der Waals surface area contributed by atoms with Gasteiger partial charge in [0, 0.05) is 11.5 Å². The molecule has 2 aromatic rings.